The minimum absolute atomic E-state index is 0.0657. The highest BCUT2D eigenvalue weighted by atomic mass is 32.2. The van der Waals surface area contributed by atoms with Crippen molar-refractivity contribution in [1.29, 1.82) is 0 Å². The van der Waals surface area contributed by atoms with Gasteiger partial charge < -0.3 is 10.2 Å². The van der Waals surface area contributed by atoms with E-state index in [2.05, 4.69) is 21.6 Å². The molecule has 5 nitrogen and oxygen atoms in total. The smallest absolute Gasteiger partial charge is 0.240 e. The fraction of sp³-hybridized carbons (Fsp3) is 0.250. The Kier molecular flexibility index (Phi) is 5.59. The molecule has 8 heteroatoms. The first-order chi connectivity index (χ1) is 13.6. The van der Waals surface area contributed by atoms with E-state index in [1.165, 1.54) is 34.7 Å². The monoisotopic (exact) mass is 414 g/mol. The van der Waals surface area contributed by atoms with E-state index < -0.39 is 0 Å². The van der Waals surface area contributed by atoms with Gasteiger partial charge in [0.1, 0.15) is 5.82 Å². The molecule has 1 atom stereocenters. The van der Waals surface area contributed by atoms with Crippen molar-refractivity contribution in [2.75, 3.05) is 16.8 Å². The van der Waals surface area contributed by atoms with Gasteiger partial charge in [0.05, 0.1) is 10.9 Å². The molecular weight excluding hydrogens is 395 g/mol. The SMILES string of the molecule is CC(Sc1nnc(Nc2ccccc2F)s1)C(=O)N1CCCc2ccccc21. The number of aryl methyl sites for hydroxylation is 1. The topological polar surface area (TPSA) is 58.1 Å². The van der Waals surface area contributed by atoms with Gasteiger partial charge in [0.25, 0.3) is 0 Å². The molecule has 1 unspecified atom stereocenters. The van der Waals surface area contributed by atoms with Crippen molar-refractivity contribution >= 4 is 45.5 Å². The molecule has 1 aromatic heterocycles. The van der Waals surface area contributed by atoms with Crippen LogP contribution in [0, 0.1) is 5.82 Å². The Morgan fingerprint density at radius 2 is 2.00 bits per heavy atom. The largest absolute Gasteiger partial charge is 0.328 e. The molecule has 0 saturated heterocycles. The summed E-state index contributed by atoms with van der Waals surface area (Å²) in [5, 5.41) is 11.3. The van der Waals surface area contributed by atoms with Crippen molar-refractivity contribution in [2.45, 2.75) is 29.4 Å². The molecule has 2 heterocycles. The van der Waals surface area contributed by atoms with E-state index >= 15 is 0 Å². The lowest BCUT2D eigenvalue weighted by atomic mass is 10.0. The van der Waals surface area contributed by atoms with Crippen molar-refractivity contribution < 1.29 is 9.18 Å². The van der Waals surface area contributed by atoms with Crippen molar-refractivity contribution in [2.24, 2.45) is 0 Å². The number of carbonyl (C=O) groups excluding carboxylic acids is 1. The molecule has 28 heavy (non-hydrogen) atoms. The van der Waals surface area contributed by atoms with Gasteiger partial charge in [-0.05, 0) is 43.5 Å². The molecule has 3 aromatic rings. The van der Waals surface area contributed by atoms with Crippen LogP contribution in [-0.2, 0) is 11.2 Å². The highest BCUT2D eigenvalue weighted by Gasteiger charge is 2.27. The van der Waals surface area contributed by atoms with Crippen LogP contribution in [0.1, 0.15) is 18.9 Å². The maximum atomic E-state index is 13.8. The molecule has 1 amide bonds. The number of hydrogen-bond donors (Lipinski definition) is 1. The standard InChI is InChI=1S/C20H19FN4OS2/c1-13(18(26)25-12-6-8-14-7-2-5-11-17(14)25)27-20-24-23-19(28-20)22-16-10-4-3-9-15(16)21/h2-5,7,9-11,13H,6,8,12H2,1H3,(H,22,23). The van der Waals surface area contributed by atoms with Crippen LogP contribution in [0.2, 0.25) is 0 Å². The zero-order chi connectivity index (χ0) is 19.5. The molecule has 2 aromatic carbocycles. The lowest BCUT2D eigenvalue weighted by Gasteiger charge is -2.31. The summed E-state index contributed by atoms with van der Waals surface area (Å²) in [6.07, 6.45) is 1.97. The van der Waals surface area contributed by atoms with E-state index in [4.69, 9.17) is 0 Å². The predicted octanol–water partition coefficient (Wildman–Crippen LogP) is 4.88. The summed E-state index contributed by atoms with van der Waals surface area (Å²) in [6, 6.07) is 14.5. The number of halogens is 1. The summed E-state index contributed by atoms with van der Waals surface area (Å²) in [5.74, 6) is -0.282. The quantitative estimate of drug-likeness (QED) is 0.603. The van der Waals surface area contributed by atoms with E-state index in [0.29, 0.717) is 15.2 Å². The summed E-state index contributed by atoms with van der Waals surface area (Å²) in [5.41, 5.74) is 2.57. The molecule has 1 aliphatic rings. The summed E-state index contributed by atoms with van der Waals surface area (Å²) in [4.78, 5) is 14.9. The maximum Gasteiger partial charge on any atom is 0.240 e. The molecule has 1 aliphatic heterocycles. The number of nitrogens with one attached hydrogen (secondary N) is 1. The van der Waals surface area contributed by atoms with Crippen LogP contribution in [0.4, 0.5) is 20.9 Å². The Hall–Kier alpha value is -2.45. The first-order valence-electron chi connectivity index (χ1n) is 9.03. The first kappa shape index (κ1) is 18.9. The molecule has 0 aliphatic carbocycles. The van der Waals surface area contributed by atoms with E-state index in [-0.39, 0.29) is 17.0 Å². The van der Waals surface area contributed by atoms with E-state index in [1.807, 2.05) is 30.0 Å². The third kappa shape index (κ3) is 4.02. The van der Waals surface area contributed by atoms with Gasteiger partial charge in [-0.15, -0.1) is 10.2 Å². The Morgan fingerprint density at radius 1 is 1.21 bits per heavy atom. The number of carbonyl (C=O) groups is 1. The van der Waals surface area contributed by atoms with E-state index in [0.717, 1.165) is 25.1 Å². The maximum absolute atomic E-state index is 13.8. The van der Waals surface area contributed by atoms with Crippen LogP contribution in [-0.4, -0.2) is 27.9 Å². The van der Waals surface area contributed by atoms with Crippen molar-refractivity contribution in [3.8, 4) is 0 Å². The number of thioether (sulfide) groups is 1. The predicted molar refractivity (Wildman–Crippen MR) is 112 cm³/mol. The minimum Gasteiger partial charge on any atom is -0.328 e. The number of para-hydroxylation sites is 2. The first-order valence-corrected chi connectivity index (χ1v) is 10.7. The van der Waals surface area contributed by atoms with Gasteiger partial charge in [-0.25, -0.2) is 4.39 Å². The second-order valence-electron chi connectivity index (χ2n) is 6.46. The summed E-state index contributed by atoms with van der Waals surface area (Å²) in [6.45, 7) is 2.62. The third-order valence-corrected chi connectivity index (χ3v) is 6.53. The highest BCUT2D eigenvalue weighted by Crippen LogP contribution is 2.34. The van der Waals surface area contributed by atoms with Crippen LogP contribution < -0.4 is 10.2 Å². The summed E-state index contributed by atoms with van der Waals surface area (Å²) in [7, 11) is 0. The number of fused-ring (bicyclic) bond motifs is 1. The molecular formula is C20H19FN4OS2. The minimum atomic E-state index is -0.348. The molecule has 144 valence electrons. The molecule has 0 radical (unpaired) electrons. The van der Waals surface area contributed by atoms with Crippen molar-refractivity contribution in [3.63, 3.8) is 0 Å². The highest BCUT2D eigenvalue weighted by molar-refractivity contribution is 8.02. The van der Waals surface area contributed by atoms with E-state index in [9.17, 15) is 9.18 Å². The average molecular weight is 415 g/mol. The molecule has 0 saturated carbocycles. The van der Waals surface area contributed by atoms with Gasteiger partial charge in [0.2, 0.25) is 11.0 Å². The third-order valence-electron chi connectivity index (χ3n) is 4.52. The zero-order valence-corrected chi connectivity index (χ0v) is 16.9. The number of aromatic nitrogens is 2. The van der Waals surface area contributed by atoms with Crippen molar-refractivity contribution in [1.82, 2.24) is 10.2 Å². The second kappa shape index (κ2) is 8.28. The van der Waals surface area contributed by atoms with Crippen LogP contribution in [0.15, 0.2) is 52.9 Å². The Labute approximate surface area is 171 Å². The fourth-order valence-electron chi connectivity index (χ4n) is 3.17. The Bertz CT molecular complexity index is 994. The normalized spacial score (nSPS) is 14.4. The molecule has 0 bridgehead atoms. The lowest BCUT2D eigenvalue weighted by Crippen LogP contribution is -2.40. The lowest BCUT2D eigenvalue weighted by molar-refractivity contribution is -0.117. The number of hydrogen-bond acceptors (Lipinski definition) is 6. The summed E-state index contributed by atoms with van der Waals surface area (Å²) >= 11 is 2.68. The summed E-state index contributed by atoms with van der Waals surface area (Å²) < 4.78 is 14.4. The van der Waals surface area contributed by atoms with Gasteiger partial charge in [-0.1, -0.05) is 53.4 Å². The molecule has 4 rings (SSSR count). The number of anilines is 3. The Morgan fingerprint density at radius 3 is 2.86 bits per heavy atom. The molecule has 1 N–H and O–H groups in total. The number of amides is 1. The number of nitrogens with zero attached hydrogens (tertiary/aromatic N) is 3. The number of rotatable bonds is 5. The van der Waals surface area contributed by atoms with Crippen LogP contribution >= 0.6 is 23.1 Å². The zero-order valence-electron chi connectivity index (χ0n) is 15.3. The van der Waals surface area contributed by atoms with E-state index in [1.54, 1.807) is 18.2 Å². The fourth-order valence-corrected chi connectivity index (χ4v) is 5.14. The van der Waals surface area contributed by atoms with Gasteiger partial charge in [0, 0.05) is 12.2 Å². The second-order valence-corrected chi connectivity index (χ2v) is 9.03. The van der Waals surface area contributed by atoms with Gasteiger partial charge in [-0.3, -0.25) is 4.79 Å². The molecule has 0 fully saturated rings. The van der Waals surface area contributed by atoms with Crippen molar-refractivity contribution in [3.05, 3.63) is 59.9 Å². The van der Waals surface area contributed by atoms with Gasteiger partial charge in [0.15, 0.2) is 4.34 Å². The van der Waals surface area contributed by atoms with Crippen LogP contribution in [0.5, 0.6) is 0 Å². The molecule has 0 spiro atoms. The van der Waals surface area contributed by atoms with Crippen LogP contribution in [0.25, 0.3) is 0 Å². The van der Waals surface area contributed by atoms with Gasteiger partial charge in [-0.2, -0.15) is 0 Å². The number of benzene rings is 2. The van der Waals surface area contributed by atoms with Gasteiger partial charge >= 0.3 is 0 Å². The van der Waals surface area contributed by atoms with Crippen LogP contribution in [0.3, 0.4) is 0 Å². The Balaban J connectivity index is 1.43. The average Bonchev–Trinajstić information content (AvgIpc) is 3.15.